The first kappa shape index (κ1) is 28.0. The van der Waals surface area contributed by atoms with Crippen LogP contribution in [0.25, 0.3) is 0 Å². The lowest BCUT2D eigenvalue weighted by Gasteiger charge is -2.23. The summed E-state index contributed by atoms with van der Waals surface area (Å²) in [6.45, 7) is 1.32. The van der Waals surface area contributed by atoms with Crippen molar-refractivity contribution in [3.05, 3.63) is 35.9 Å². The molecule has 0 saturated heterocycles. The first-order chi connectivity index (χ1) is 15.9. The van der Waals surface area contributed by atoms with Crippen LogP contribution in [0, 0.1) is 0 Å². The first-order valence-electron chi connectivity index (χ1n) is 10.3. The zero-order valence-corrected chi connectivity index (χ0v) is 18.4. The second-order valence-electron chi connectivity index (χ2n) is 7.52. The SMILES string of the molecule is CC(NC(=O)C(N)Cc1ccccc1)C(=O)NC(CCC(=O)O)C(=O)NC(CC(=O)O)C(=O)O. The maximum absolute atomic E-state index is 12.5. The van der Waals surface area contributed by atoms with Crippen molar-refractivity contribution >= 4 is 35.6 Å². The van der Waals surface area contributed by atoms with E-state index >= 15 is 0 Å². The molecular weight excluding hydrogens is 452 g/mol. The van der Waals surface area contributed by atoms with Crippen LogP contribution in [-0.4, -0.2) is 75.1 Å². The van der Waals surface area contributed by atoms with Crippen LogP contribution in [0.3, 0.4) is 0 Å². The molecule has 0 saturated carbocycles. The van der Waals surface area contributed by atoms with Crippen molar-refractivity contribution in [3.63, 3.8) is 0 Å². The van der Waals surface area contributed by atoms with Gasteiger partial charge in [0, 0.05) is 6.42 Å². The fourth-order valence-corrected chi connectivity index (χ4v) is 2.83. The van der Waals surface area contributed by atoms with Gasteiger partial charge in [-0.15, -0.1) is 0 Å². The lowest BCUT2D eigenvalue weighted by molar-refractivity contribution is -0.147. The summed E-state index contributed by atoms with van der Waals surface area (Å²) >= 11 is 0. The van der Waals surface area contributed by atoms with Gasteiger partial charge in [0.25, 0.3) is 0 Å². The maximum atomic E-state index is 12.5. The minimum Gasteiger partial charge on any atom is -0.481 e. The first-order valence-corrected chi connectivity index (χ1v) is 10.3. The lowest BCUT2D eigenvalue weighted by atomic mass is 10.1. The number of hydrogen-bond acceptors (Lipinski definition) is 7. The second kappa shape index (κ2) is 13.5. The Morgan fingerprint density at radius 2 is 1.41 bits per heavy atom. The Morgan fingerprint density at radius 1 is 0.824 bits per heavy atom. The molecular formula is C21H28N4O9. The largest absolute Gasteiger partial charge is 0.481 e. The molecule has 0 aliphatic heterocycles. The minimum absolute atomic E-state index is 0.213. The molecule has 1 aromatic rings. The fourth-order valence-electron chi connectivity index (χ4n) is 2.83. The summed E-state index contributed by atoms with van der Waals surface area (Å²) in [5, 5.41) is 33.4. The molecule has 0 aliphatic carbocycles. The number of carbonyl (C=O) groups excluding carboxylic acids is 3. The summed E-state index contributed by atoms with van der Waals surface area (Å²) in [5.74, 6) is -6.95. The summed E-state index contributed by atoms with van der Waals surface area (Å²) in [5.41, 5.74) is 6.68. The molecule has 34 heavy (non-hydrogen) atoms. The fraction of sp³-hybridized carbons (Fsp3) is 0.429. The van der Waals surface area contributed by atoms with Crippen LogP contribution in [0.1, 0.15) is 31.7 Å². The molecule has 13 heteroatoms. The topological polar surface area (TPSA) is 225 Å². The number of carboxylic acids is 3. The van der Waals surface area contributed by atoms with Crippen LogP contribution < -0.4 is 21.7 Å². The number of nitrogens with one attached hydrogen (secondary N) is 3. The number of carbonyl (C=O) groups is 6. The van der Waals surface area contributed by atoms with Gasteiger partial charge in [-0.25, -0.2) is 4.79 Å². The zero-order chi connectivity index (χ0) is 25.8. The third kappa shape index (κ3) is 10.1. The Hall–Kier alpha value is -4.00. The Morgan fingerprint density at radius 3 is 1.94 bits per heavy atom. The van der Waals surface area contributed by atoms with E-state index < -0.39 is 79.1 Å². The van der Waals surface area contributed by atoms with Gasteiger partial charge >= 0.3 is 17.9 Å². The van der Waals surface area contributed by atoms with Crippen LogP contribution >= 0.6 is 0 Å². The van der Waals surface area contributed by atoms with E-state index in [4.69, 9.17) is 21.1 Å². The minimum atomic E-state index is -1.79. The van der Waals surface area contributed by atoms with Crippen molar-refractivity contribution in [1.29, 1.82) is 0 Å². The molecule has 1 rings (SSSR count). The average Bonchev–Trinajstić information content (AvgIpc) is 2.75. The van der Waals surface area contributed by atoms with Gasteiger partial charge in [-0.05, 0) is 25.3 Å². The summed E-state index contributed by atoms with van der Waals surface area (Å²) in [6.07, 6.45) is -1.66. The highest BCUT2D eigenvalue weighted by Crippen LogP contribution is 2.04. The third-order valence-corrected chi connectivity index (χ3v) is 4.66. The lowest BCUT2D eigenvalue weighted by Crippen LogP contribution is -2.56. The van der Waals surface area contributed by atoms with Crippen LogP contribution in [0.2, 0.25) is 0 Å². The highest BCUT2D eigenvalue weighted by molar-refractivity contribution is 5.94. The van der Waals surface area contributed by atoms with E-state index in [0.29, 0.717) is 0 Å². The van der Waals surface area contributed by atoms with Crippen LogP contribution in [-0.2, 0) is 35.2 Å². The Labute approximate surface area is 194 Å². The van der Waals surface area contributed by atoms with Gasteiger partial charge in [-0.2, -0.15) is 0 Å². The summed E-state index contributed by atoms with van der Waals surface area (Å²) in [4.78, 5) is 70.2. The Kier molecular flexibility index (Phi) is 11.2. The molecule has 0 aromatic heterocycles. The Balaban J connectivity index is 2.79. The maximum Gasteiger partial charge on any atom is 0.326 e. The molecule has 0 spiro atoms. The highest BCUT2D eigenvalue weighted by Gasteiger charge is 2.30. The molecule has 3 amide bonds. The van der Waals surface area contributed by atoms with E-state index in [0.717, 1.165) is 5.56 Å². The molecule has 4 unspecified atom stereocenters. The summed E-state index contributed by atoms with van der Waals surface area (Å²) in [7, 11) is 0. The number of hydrogen-bond donors (Lipinski definition) is 7. The summed E-state index contributed by atoms with van der Waals surface area (Å²) < 4.78 is 0. The second-order valence-corrected chi connectivity index (χ2v) is 7.52. The van der Waals surface area contributed by atoms with E-state index in [2.05, 4.69) is 10.6 Å². The summed E-state index contributed by atoms with van der Waals surface area (Å²) in [6, 6.07) is 3.53. The van der Waals surface area contributed by atoms with Gasteiger partial charge in [-0.1, -0.05) is 30.3 Å². The number of aliphatic carboxylic acids is 3. The molecule has 186 valence electrons. The van der Waals surface area contributed by atoms with Gasteiger partial charge < -0.3 is 37.0 Å². The molecule has 0 aliphatic rings. The normalized spacial score (nSPS) is 14.1. The predicted molar refractivity (Wildman–Crippen MR) is 116 cm³/mol. The van der Waals surface area contributed by atoms with Crippen LogP contribution in [0.4, 0.5) is 0 Å². The monoisotopic (exact) mass is 480 g/mol. The van der Waals surface area contributed by atoms with Crippen molar-refractivity contribution in [2.24, 2.45) is 5.73 Å². The van der Waals surface area contributed by atoms with Crippen molar-refractivity contribution in [2.75, 3.05) is 0 Å². The molecule has 13 nitrogen and oxygen atoms in total. The molecule has 1 aromatic carbocycles. The predicted octanol–water partition coefficient (Wildman–Crippen LogP) is -1.55. The van der Waals surface area contributed by atoms with Gasteiger partial charge in [0.2, 0.25) is 17.7 Å². The van der Waals surface area contributed by atoms with Crippen molar-refractivity contribution < 1.29 is 44.1 Å². The number of carboxylic acid groups (broad SMARTS) is 3. The van der Waals surface area contributed by atoms with Gasteiger partial charge in [0.1, 0.15) is 18.1 Å². The van der Waals surface area contributed by atoms with Crippen molar-refractivity contribution in [3.8, 4) is 0 Å². The highest BCUT2D eigenvalue weighted by atomic mass is 16.4. The molecule has 0 fully saturated rings. The number of amides is 3. The molecule has 8 N–H and O–H groups in total. The van der Waals surface area contributed by atoms with E-state index in [1.165, 1.54) is 6.92 Å². The van der Waals surface area contributed by atoms with Gasteiger partial charge in [0.15, 0.2) is 0 Å². The number of nitrogens with two attached hydrogens (primary N) is 1. The quantitative estimate of drug-likeness (QED) is 0.162. The molecule has 0 heterocycles. The Bertz CT molecular complexity index is 907. The zero-order valence-electron chi connectivity index (χ0n) is 18.4. The third-order valence-electron chi connectivity index (χ3n) is 4.66. The van der Waals surface area contributed by atoms with Crippen molar-refractivity contribution in [2.45, 2.75) is 56.8 Å². The van der Waals surface area contributed by atoms with E-state index in [9.17, 15) is 28.8 Å². The van der Waals surface area contributed by atoms with Crippen LogP contribution in [0.5, 0.6) is 0 Å². The van der Waals surface area contributed by atoms with Gasteiger partial charge in [0.05, 0.1) is 12.5 Å². The van der Waals surface area contributed by atoms with E-state index in [1.54, 1.807) is 30.3 Å². The standard InChI is InChI=1S/C21H28N4O9/c1-11(23-19(31)13(22)9-12-5-3-2-4-6-12)18(30)24-14(7-8-16(26)27)20(32)25-15(21(33)34)10-17(28)29/h2-6,11,13-15H,7-10,22H2,1H3,(H,23,31)(H,24,30)(H,25,32)(H,26,27)(H,28,29)(H,33,34). The van der Waals surface area contributed by atoms with Crippen LogP contribution in [0.15, 0.2) is 30.3 Å². The van der Waals surface area contributed by atoms with E-state index in [-0.39, 0.29) is 6.42 Å². The van der Waals surface area contributed by atoms with E-state index in [1.807, 2.05) is 5.32 Å². The average molecular weight is 480 g/mol. The smallest absolute Gasteiger partial charge is 0.326 e. The number of benzene rings is 1. The molecule has 0 radical (unpaired) electrons. The van der Waals surface area contributed by atoms with Gasteiger partial charge in [-0.3, -0.25) is 24.0 Å². The molecule has 4 atom stereocenters. The number of rotatable bonds is 14. The van der Waals surface area contributed by atoms with Crippen molar-refractivity contribution in [1.82, 2.24) is 16.0 Å². The molecule has 0 bridgehead atoms.